The molecule has 0 spiro atoms. The second-order valence-corrected chi connectivity index (χ2v) is 5.31. The molecule has 1 aliphatic carbocycles. The van der Waals surface area contributed by atoms with Crippen LogP contribution in [-0.2, 0) is 0 Å². The zero-order valence-corrected chi connectivity index (χ0v) is 10.5. The molecule has 0 radical (unpaired) electrons. The first-order valence-electron chi connectivity index (χ1n) is 6.63. The van der Waals surface area contributed by atoms with Crippen LogP contribution in [0, 0.1) is 11.6 Å². The number of amides is 1. The molecule has 5 heteroatoms. The molecule has 3 rings (SSSR count). The first-order chi connectivity index (χ1) is 9.13. The number of rotatable bonds is 3. The zero-order valence-electron chi connectivity index (χ0n) is 10.5. The molecule has 0 unspecified atom stereocenters. The molecular formula is C14H16F2N2O. The number of benzene rings is 1. The molecule has 2 aliphatic rings. The largest absolute Gasteiger partial charge is 0.348 e. The van der Waals surface area contributed by atoms with Gasteiger partial charge in [-0.05, 0) is 31.4 Å². The summed E-state index contributed by atoms with van der Waals surface area (Å²) in [5.41, 5.74) is -0.0914. The Hall–Kier alpha value is -1.49. The third-order valence-electron chi connectivity index (χ3n) is 3.79. The van der Waals surface area contributed by atoms with Crippen molar-refractivity contribution in [2.75, 3.05) is 13.1 Å². The summed E-state index contributed by atoms with van der Waals surface area (Å²) < 4.78 is 26.3. The minimum absolute atomic E-state index is 0.0672. The number of nitrogens with zero attached hydrogens (tertiary/aromatic N) is 1. The predicted octanol–water partition coefficient (Wildman–Crippen LogP) is 1.93. The van der Waals surface area contributed by atoms with Crippen LogP contribution < -0.4 is 5.32 Å². The molecule has 1 aromatic carbocycles. The maximum absolute atomic E-state index is 13.5. The smallest absolute Gasteiger partial charge is 0.254 e. The van der Waals surface area contributed by atoms with E-state index >= 15 is 0 Å². The summed E-state index contributed by atoms with van der Waals surface area (Å²) in [6, 6.07) is 3.78. The standard InChI is InChI=1S/C14H16F2N2O/c15-9-1-4-12(13(16)7-9)14(19)17-10-5-6-18(8-10)11-2-3-11/h1,4,7,10-11H,2-3,5-6,8H2,(H,17,19)/t10-/m1/s1. The normalized spacial score (nSPS) is 23.6. The highest BCUT2D eigenvalue weighted by atomic mass is 19.1. The molecule has 1 aliphatic heterocycles. The van der Waals surface area contributed by atoms with E-state index in [-0.39, 0.29) is 11.6 Å². The highest BCUT2D eigenvalue weighted by molar-refractivity contribution is 5.94. The van der Waals surface area contributed by atoms with E-state index in [0.29, 0.717) is 6.04 Å². The van der Waals surface area contributed by atoms with Crippen molar-refractivity contribution in [1.29, 1.82) is 0 Å². The van der Waals surface area contributed by atoms with Crippen LogP contribution in [0.4, 0.5) is 8.78 Å². The van der Waals surface area contributed by atoms with Gasteiger partial charge in [-0.1, -0.05) is 0 Å². The van der Waals surface area contributed by atoms with Crippen molar-refractivity contribution in [3.8, 4) is 0 Å². The Bertz CT molecular complexity index is 502. The quantitative estimate of drug-likeness (QED) is 0.906. The molecule has 1 aromatic rings. The van der Waals surface area contributed by atoms with Gasteiger partial charge in [0.25, 0.3) is 5.91 Å². The van der Waals surface area contributed by atoms with Crippen molar-refractivity contribution in [3.63, 3.8) is 0 Å². The van der Waals surface area contributed by atoms with Crippen molar-refractivity contribution in [3.05, 3.63) is 35.4 Å². The molecule has 19 heavy (non-hydrogen) atoms. The highest BCUT2D eigenvalue weighted by Gasteiger charge is 2.34. The summed E-state index contributed by atoms with van der Waals surface area (Å²) in [6.07, 6.45) is 3.38. The first-order valence-corrected chi connectivity index (χ1v) is 6.63. The molecule has 102 valence electrons. The van der Waals surface area contributed by atoms with E-state index in [1.165, 1.54) is 18.9 Å². The monoisotopic (exact) mass is 266 g/mol. The van der Waals surface area contributed by atoms with Gasteiger partial charge in [-0.3, -0.25) is 9.69 Å². The molecule has 0 aromatic heterocycles. The van der Waals surface area contributed by atoms with Crippen molar-refractivity contribution >= 4 is 5.91 Å². The van der Waals surface area contributed by atoms with Gasteiger partial charge in [-0.15, -0.1) is 0 Å². The summed E-state index contributed by atoms with van der Waals surface area (Å²) >= 11 is 0. The SMILES string of the molecule is O=C(N[C@@H]1CCN(C2CC2)C1)c1ccc(F)cc1F. The fourth-order valence-corrected chi connectivity index (χ4v) is 2.61. The molecule has 1 saturated heterocycles. The number of hydrogen-bond donors (Lipinski definition) is 1. The lowest BCUT2D eigenvalue weighted by Crippen LogP contribution is -2.37. The summed E-state index contributed by atoms with van der Waals surface area (Å²) in [6.45, 7) is 1.82. The number of nitrogens with one attached hydrogen (secondary N) is 1. The third-order valence-corrected chi connectivity index (χ3v) is 3.79. The second-order valence-electron chi connectivity index (χ2n) is 5.31. The van der Waals surface area contributed by atoms with Gasteiger partial charge in [0, 0.05) is 31.2 Å². The first kappa shape index (κ1) is 12.5. The summed E-state index contributed by atoms with van der Waals surface area (Å²) in [7, 11) is 0. The molecule has 1 saturated carbocycles. The van der Waals surface area contributed by atoms with E-state index in [0.717, 1.165) is 31.6 Å². The van der Waals surface area contributed by atoms with Gasteiger partial charge >= 0.3 is 0 Å². The van der Waals surface area contributed by atoms with Gasteiger partial charge in [0.15, 0.2) is 0 Å². The summed E-state index contributed by atoms with van der Waals surface area (Å²) in [4.78, 5) is 14.3. The number of hydrogen-bond acceptors (Lipinski definition) is 2. The lowest BCUT2D eigenvalue weighted by molar-refractivity contribution is 0.0933. The van der Waals surface area contributed by atoms with Gasteiger partial charge in [0.05, 0.1) is 5.56 Å². The summed E-state index contributed by atoms with van der Waals surface area (Å²) in [5.74, 6) is -1.94. The van der Waals surface area contributed by atoms with Gasteiger partial charge in [-0.2, -0.15) is 0 Å². The van der Waals surface area contributed by atoms with Crippen LogP contribution in [0.3, 0.4) is 0 Å². The van der Waals surface area contributed by atoms with E-state index in [2.05, 4.69) is 10.2 Å². The Balaban J connectivity index is 1.61. The van der Waals surface area contributed by atoms with E-state index in [9.17, 15) is 13.6 Å². The summed E-state index contributed by atoms with van der Waals surface area (Å²) in [5, 5.41) is 2.83. The molecule has 2 fully saturated rings. The molecule has 3 nitrogen and oxygen atoms in total. The number of likely N-dealkylation sites (tertiary alicyclic amines) is 1. The van der Waals surface area contributed by atoms with Gasteiger partial charge in [-0.25, -0.2) is 8.78 Å². The maximum Gasteiger partial charge on any atom is 0.254 e. The van der Waals surface area contributed by atoms with Crippen LogP contribution in [0.5, 0.6) is 0 Å². The van der Waals surface area contributed by atoms with Crippen LogP contribution in [0.15, 0.2) is 18.2 Å². The van der Waals surface area contributed by atoms with Gasteiger partial charge in [0.1, 0.15) is 11.6 Å². The fourth-order valence-electron chi connectivity index (χ4n) is 2.61. The Morgan fingerprint density at radius 1 is 1.26 bits per heavy atom. The Morgan fingerprint density at radius 3 is 2.74 bits per heavy atom. The maximum atomic E-state index is 13.5. The van der Waals surface area contributed by atoms with Crippen LogP contribution in [-0.4, -0.2) is 36.0 Å². The van der Waals surface area contributed by atoms with Crippen molar-refractivity contribution in [2.45, 2.75) is 31.3 Å². The van der Waals surface area contributed by atoms with E-state index in [4.69, 9.17) is 0 Å². The van der Waals surface area contributed by atoms with Crippen LogP contribution in [0.2, 0.25) is 0 Å². The third kappa shape index (κ3) is 2.76. The number of halogens is 2. The fraction of sp³-hybridized carbons (Fsp3) is 0.500. The number of carbonyl (C=O) groups excluding carboxylic acids is 1. The van der Waals surface area contributed by atoms with Crippen LogP contribution in [0.25, 0.3) is 0 Å². The second kappa shape index (κ2) is 4.89. The Labute approximate surface area is 110 Å². The Kier molecular flexibility index (Phi) is 3.22. The average molecular weight is 266 g/mol. The molecule has 1 N–H and O–H groups in total. The average Bonchev–Trinajstić information content (AvgIpc) is 3.10. The van der Waals surface area contributed by atoms with E-state index in [1.54, 1.807) is 0 Å². The Morgan fingerprint density at radius 2 is 2.05 bits per heavy atom. The van der Waals surface area contributed by atoms with Crippen molar-refractivity contribution in [2.24, 2.45) is 0 Å². The van der Waals surface area contributed by atoms with Crippen LogP contribution >= 0.6 is 0 Å². The lowest BCUT2D eigenvalue weighted by Gasteiger charge is -2.16. The minimum atomic E-state index is -0.811. The van der Waals surface area contributed by atoms with Gasteiger partial charge < -0.3 is 5.32 Å². The number of carbonyl (C=O) groups is 1. The predicted molar refractivity (Wildman–Crippen MR) is 66.8 cm³/mol. The molecular weight excluding hydrogens is 250 g/mol. The van der Waals surface area contributed by atoms with E-state index < -0.39 is 17.5 Å². The van der Waals surface area contributed by atoms with Gasteiger partial charge in [0.2, 0.25) is 0 Å². The molecule has 1 heterocycles. The topological polar surface area (TPSA) is 32.3 Å². The van der Waals surface area contributed by atoms with Crippen molar-refractivity contribution in [1.82, 2.24) is 10.2 Å². The minimum Gasteiger partial charge on any atom is -0.348 e. The lowest BCUT2D eigenvalue weighted by atomic mass is 10.1. The molecule has 1 atom stereocenters. The zero-order chi connectivity index (χ0) is 13.4. The molecule has 1 amide bonds. The highest BCUT2D eigenvalue weighted by Crippen LogP contribution is 2.29. The van der Waals surface area contributed by atoms with Crippen LogP contribution in [0.1, 0.15) is 29.6 Å². The molecule has 0 bridgehead atoms. The van der Waals surface area contributed by atoms with E-state index in [1.807, 2.05) is 0 Å². The van der Waals surface area contributed by atoms with Crippen molar-refractivity contribution < 1.29 is 13.6 Å².